The van der Waals surface area contributed by atoms with Crippen LogP contribution < -0.4 is 0 Å². The van der Waals surface area contributed by atoms with Gasteiger partial charge in [-0.25, -0.2) is 12.7 Å². The van der Waals surface area contributed by atoms with Crippen LogP contribution in [0.5, 0.6) is 0 Å². The Labute approximate surface area is 129 Å². The molecule has 0 radical (unpaired) electrons. The van der Waals surface area contributed by atoms with Crippen LogP contribution in [-0.2, 0) is 10.0 Å². The standard InChI is InChI=1S/C15H30N2O3S/c1-16(12-14-7-3-4-8-15(14)18)10-13-6-5-9-17(11-13)21(2,19)20/h13-15,18H,3-12H2,1-2H3. The molecule has 0 spiro atoms. The molecule has 5 nitrogen and oxygen atoms in total. The molecule has 6 heteroatoms. The molecule has 0 aromatic carbocycles. The first-order chi connectivity index (χ1) is 9.86. The number of aliphatic hydroxyl groups is 1. The Balaban J connectivity index is 1.80. The minimum absolute atomic E-state index is 0.153. The molecular formula is C15H30N2O3S. The predicted octanol–water partition coefficient (Wildman–Crippen LogP) is 1.14. The molecule has 3 unspecified atom stereocenters. The van der Waals surface area contributed by atoms with E-state index in [1.54, 1.807) is 4.31 Å². The van der Waals surface area contributed by atoms with Gasteiger partial charge in [-0.2, -0.15) is 0 Å². The summed E-state index contributed by atoms with van der Waals surface area (Å²) in [6.45, 7) is 3.17. The third-order valence-corrected chi connectivity index (χ3v) is 6.21. The van der Waals surface area contributed by atoms with Crippen molar-refractivity contribution < 1.29 is 13.5 Å². The SMILES string of the molecule is CN(CC1CCCN(S(C)(=O)=O)C1)CC1CCCCC1O. The molecule has 1 aliphatic heterocycles. The lowest BCUT2D eigenvalue weighted by Gasteiger charge is -2.36. The molecule has 1 heterocycles. The number of rotatable bonds is 5. The van der Waals surface area contributed by atoms with Crippen LogP contribution in [0.1, 0.15) is 38.5 Å². The lowest BCUT2D eigenvalue weighted by molar-refractivity contribution is 0.0469. The van der Waals surface area contributed by atoms with Crippen molar-refractivity contribution in [3.63, 3.8) is 0 Å². The van der Waals surface area contributed by atoms with Crippen LogP contribution in [0.15, 0.2) is 0 Å². The molecule has 0 aromatic heterocycles. The van der Waals surface area contributed by atoms with Gasteiger partial charge in [0.1, 0.15) is 0 Å². The molecule has 1 saturated carbocycles. The highest BCUT2D eigenvalue weighted by Gasteiger charge is 2.28. The Morgan fingerprint density at radius 1 is 1.14 bits per heavy atom. The van der Waals surface area contributed by atoms with E-state index >= 15 is 0 Å². The highest BCUT2D eigenvalue weighted by Crippen LogP contribution is 2.26. The maximum atomic E-state index is 11.7. The highest BCUT2D eigenvalue weighted by molar-refractivity contribution is 7.88. The fraction of sp³-hybridized carbons (Fsp3) is 1.00. The summed E-state index contributed by atoms with van der Waals surface area (Å²) in [7, 11) is -0.958. The van der Waals surface area contributed by atoms with E-state index in [-0.39, 0.29) is 6.10 Å². The van der Waals surface area contributed by atoms with Gasteiger partial charge in [-0.15, -0.1) is 0 Å². The lowest BCUT2D eigenvalue weighted by atomic mass is 9.86. The monoisotopic (exact) mass is 318 g/mol. The lowest BCUT2D eigenvalue weighted by Crippen LogP contribution is -2.44. The molecule has 2 aliphatic rings. The van der Waals surface area contributed by atoms with Gasteiger partial charge in [-0.1, -0.05) is 12.8 Å². The Morgan fingerprint density at radius 3 is 2.52 bits per heavy atom. The zero-order valence-electron chi connectivity index (χ0n) is 13.4. The van der Waals surface area contributed by atoms with Gasteiger partial charge in [0.25, 0.3) is 0 Å². The second kappa shape index (κ2) is 7.40. The maximum Gasteiger partial charge on any atom is 0.211 e. The summed E-state index contributed by atoms with van der Waals surface area (Å²) in [4.78, 5) is 2.29. The van der Waals surface area contributed by atoms with Crippen LogP contribution in [0, 0.1) is 11.8 Å². The molecule has 21 heavy (non-hydrogen) atoms. The maximum absolute atomic E-state index is 11.7. The van der Waals surface area contributed by atoms with Crippen molar-refractivity contribution in [2.24, 2.45) is 11.8 Å². The van der Waals surface area contributed by atoms with Crippen LogP contribution in [0.3, 0.4) is 0 Å². The summed E-state index contributed by atoms with van der Waals surface area (Å²) < 4.78 is 24.9. The summed E-state index contributed by atoms with van der Waals surface area (Å²) in [5, 5.41) is 10.1. The van der Waals surface area contributed by atoms with E-state index in [2.05, 4.69) is 11.9 Å². The molecule has 1 aliphatic carbocycles. The van der Waals surface area contributed by atoms with Crippen molar-refractivity contribution in [3.8, 4) is 0 Å². The van der Waals surface area contributed by atoms with Gasteiger partial charge < -0.3 is 10.0 Å². The van der Waals surface area contributed by atoms with Crippen molar-refractivity contribution in [2.45, 2.75) is 44.6 Å². The smallest absolute Gasteiger partial charge is 0.211 e. The summed E-state index contributed by atoms with van der Waals surface area (Å²) in [5.74, 6) is 0.803. The van der Waals surface area contributed by atoms with E-state index in [0.717, 1.165) is 45.2 Å². The molecule has 0 aromatic rings. The van der Waals surface area contributed by atoms with Crippen molar-refractivity contribution >= 4 is 10.0 Å². The Bertz CT molecular complexity index is 427. The first kappa shape index (κ1) is 17.2. The Morgan fingerprint density at radius 2 is 1.86 bits per heavy atom. The van der Waals surface area contributed by atoms with E-state index in [9.17, 15) is 13.5 Å². The van der Waals surface area contributed by atoms with Gasteiger partial charge in [-0.05, 0) is 44.6 Å². The quantitative estimate of drug-likeness (QED) is 0.826. The number of piperidine rings is 1. The molecule has 2 rings (SSSR count). The molecular weight excluding hydrogens is 288 g/mol. The van der Waals surface area contributed by atoms with Crippen molar-refractivity contribution in [3.05, 3.63) is 0 Å². The van der Waals surface area contributed by atoms with E-state index in [1.807, 2.05) is 0 Å². The number of nitrogens with zero attached hydrogens (tertiary/aromatic N) is 2. The van der Waals surface area contributed by atoms with Crippen LogP contribution in [-0.4, -0.2) is 68.3 Å². The number of aliphatic hydroxyl groups excluding tert-OH is 1. The van der Waals surface area contributed by atoms with Crippen molar-refractivity contribution in [1.82, 2.24) is 9.21 Å². The van der Waals surface area contributed by atoms with E-state index in [0.29, 0.717) is 24.9 Å². The van der Waals surface area contributed by atoms with E-state index < -0.39 is 10.0 Å². The first-order valence-corrected chi connectivity index (χ1v) is 10.0. The topological polar surface area (TPSA) is 60.9 Å². The molecule has 1 saturated heterocycles. The van der Waals surface area contributed by atoms with Crippen LogP contribution >= 0.6 is 0 Å². The Kier molecular flexibility index (Phi) is 6.05. The zero-order valence-corrected chi connectivity index (χ0v) is 14.2. The number of hydrogen-bond donors (Lipinski definition) is 1. The number of sulfonamides is 1. The second-order valence-electron chi connectivity index (χ2n) is 6.96. The second-order valence-corrected chi connectivity index (χ2v) is 8.94. The van der Waals surface area contributed by atoms with Crippen LogP contribution in [0.4, 0.5) is 0 Å². The zero-order chi connectivity index (χ0) is 15.5. The van der Waals surface area contributed by atoms with E-state index in [1.165, 1.54) is 12.7 Å². The highest BCUT2D eigenvalue weighted by atomic mass is 32.2. The van der Waals surface area contributed by atoms with Crippen molar-refractivity contribution in [1.29, 1.82) is 0 Å². The summed E-state index contributed by atoms with van der Waals surface area (Å²) >= 11 is 0. The van der Waals surface area contributed by atoms with Gasteiger partial charge in [0.05, 0.1) is 12.4 Å². The fourth-order valence-corrected chi connectivity index (χ4v) is 4.74. The van der Waals surface area contributed by atoms with E-state index in [4.69, 9.17) is 0 Å². The van der Waals surface area contributed by atoms with Crippen molar-refractivity contribution in [2.75, 3.05) is 39.5 Å². The van der Waals surface area contributed by atoms with Gasteiger partial charge >= 0.3 is 0 Å². The van der Waals surface area contributed by atoms with Crippen LogP contribution in [0.25, 0.3) is 0 Å². The minimum Gasteiger partial charge on any atom is -0.393 e. The summed E-state index contributed by atoms with van der Waals surface area (Å²) in [5.41, 5.74) is 0. The molecule has 0 bridgehead atoms. The molecule has 124 valence electrons. The third-order valence-electron chi connectivity index (χ3n) is 4.94. The largest absolute Gasteiger partial charge is 0.393 e. The molecule has 2 fully saturated rings. The summed E-state index contributed by atoms with van der Waals surface area (Å²) in [6, 6.07) is 0. The molecule has 0 amide bonds. The molecule has 1 N–H and O–H groups in total. The normalized spacial score (nSPS) is 32.5. The predicted molar refractivity (Wildman–Crippen MR) is 84.6 cm³/mol. The fourth-order valence-electron chi connectivity index (χ4n) is 3.79. The average Bonchev–Trinajstić information content (AvgIpc) is 2.41. The van der Waals surface area contributed by atoms with Gasteiger partial charge in [0, 0.05) is 26.2 Å². The molecule has 3 atom stereocenters. The minimum atomic E-state index is -3.06. The van der Waals surface area contributed by atoms with Gasteiger partial charge in [-0.3, -0.25) is 0 Å². The van der Waals surface area contributed by atoms with Crippen LogP contribution in [0.2, 0.25) is 0 Å². The first-order valence-electron chi connectivity index (χ1n) is 8.18. The average molecular weight is 318 g/mol. The summed E-state index contributed by atoms with van der Waals surface area (Å²) in [6.07, 6.45) is 7.63. The Hall–Kier alpha value is -0.170. The van der Waals surface area contributed by atoms with Gasteiger partial charge in [0.15, 0.2) is 0 Å². The van der Waals surface area contributed by atoms with Gasteiger partial charge in [0.2, 0.25) is 10.0 Å². The number of hydrogen-bond acceptors (Lipinski definition) is 4. The third kappa shape index (κ3) is 5.20.